The van der Waals surface area contributed by atoms with Crippen LogP contribution in [0.15, 0.2) is 12.1 Å². The van der Waals surface area contributed by atoms with Crippen molar-refractivity contribution in [3.8, 4) is 6.01 Å². The molecule has 20 heavy (non-hydrogen) atoms. The lowest BCUT2D eigenvalue weighted by atomic mass is 10.1. The van der Waals surface area contributed by atoms with Crippen LogP contribution in [0.4, 0.5) is 0 Å². The summed E-state index contributed by atoms with van der Waals surface area (Å²) < 4.78 is 5.79. The molecule has 0 radical (unpaired) electrons. The zero-order valence-electron chi connectivity index (χ0n) is 12.6. The summed E-state index contributed by atoms with van der Waals surface area (Å²) in [6, 6.07) is 4.30. The molecule has 108 valence electrons. The third kappa shape index (κ3) is 3.38. The topological polar surface area (TPSA) is 38.2 Å². The van der Waals surface area contributed by atoms with Crippen molar-refractivity contribution in [3.63, 3.8) is 0 Å². The highest BCUT2D eigenvalue weighted by atomic mass is 35.5. The number of aromatic nitrogens is 2. The second-order valence-electron chi connectivity index (χ2n) is 5.40. The minimum absolute atomic E-state index is 0.0373. The van der Waals surface area contributed by atoms with E-state index in [2.05, 4.69) is 14.9 Å². The van der Waals surface area contributed by atoms with E-state index in [0.29, 0.717) is 6.01 Å². The maximum Gasteiger partial charge on any atom is 0.317 e. The Morgan fingerprint density at radius 1 is 1.25 bits per heavy atom. The summed E-state index contributed by atoms with van der Waals surface area (Å²) in [7, 11) is 4.02. The molecule has 1 aromatic carbocycles. The smallest absolute Gasteiger partial charge is 0.317 e. The van der Waals surface area contributed by atoms with Crippen LogP contribution >= 0.6 is 11.6 Å². The van der Waals surface area contributed by atoms with Gasteiger partial charge in [-0.05, 0) is 52.6 Å². The Balaban J connectivity index is 2.34. The molecule has 0 saturated heterocycles. The molecule has 4 nitrogen and oxygen atoms in total. The lowest BCUT2D eigenvalue weighted by molar-refractivity contribution is 0.164. The lowest BCUT2D eigenvalue weighted by Crippen LogP contribution is -2.28. The van der Waals surface area contributed by atoms with Gasteiger partial charge in [-0.1, -0.05) is 11.6 Å². The summed E-state index contributed by atoms with van der Waals surface area (Å²) in [6.45, 7) is 6.74. The molecule has 0 aliphatic carbocycles. The molecule has 0 aliphatic rings. The number of likely N-dealkylation sites (N-methyl/N-ethyl adjacent to an activating group) is 1. The lowest BCUT2D eigenvalue weighted by Gasteiger charge is -2.18. The molecule has 0 aliphatic heterocycles. The Morgan fingerprint density at radius 2 is 1.95 bits per heavy atom. The van der Waals surface area contributed by atoms with E-state index < -0.39 is 0 Å². The average molecular weight is 294 g/mol. The van der Waals surface area contributed by atoms with Crippen LogP contribution in [-0.4, -0.2) is 41.6 Å². The first-order chi connectivity index (χ1) is 9.36. The van der Waals surface area contributed by atoms with Crippen LogP contribution in [0.2, 0.25) is 5.02 Å². The highest BCUT2D eigenvalue weighted by molar-refractivity contribution is 6.32. The van der Waals surface area contributed by atoms with Crippen molar-refractivity contribution >= 4 is 22.5 Å². The van der Waals surface area contributed by atoms with Crippen LogP contribution in [0.1, 0.15) is 18.2 Å². The predicted molar refractivity (Wildman–Crippen MR) is 82.7 cm³/mol. The fraction of sp³-hybridized carbons (Fsp3) is 0.467. The van der Waals surface area contributed by atoms with E-state index in [4.69, 9.17) is 16.3 Å². The van der Waals surface area contributed by atoms with Gasteiger partial charge in [0.25, 0.3) is 0 Å². The zero-order chi connectivity index (χ0) is 14.9. The van der Waals surface area contributed by atoms with Gasteiger partial charge in [0.15, 0.2) is 0 Å². The molecule has 5 heteroatoms. The number of nitrogens with zero attached hydrogens (tertiary/aromatic N) is 3. The molecule has 0 amide bonds. The van der Waals surface area contributed by atoms with Gasteiger partial charge < -0.3 is 9.64 Å². The van der Waals surface area contributed by atoms with Crippen molar-refractivity contribution in [2.45, 2.75) is 26.9 Å². The van der Waals surface area contributed by atoms with Gasteiger partial charge in [-0.15, -0.1) is 0 Å². The molecule has 2 rings (SSSR count). The molecule has 0 bridgehead atoms. The summed E-state index contributed by atoms with van der Waals surface area (Å²) in [5, 5.41) is 1.70. The van der Waals surface area contributed by atoms with Crippen molar-refractivity contribution in [2.24, 2.45) is 0 Å². The maximum atomic E-state index is 6.15. The normalized spacial score (nSPS) is 12.9. The Bertz CT molecular complexity index is 628. The van der Waals surface area contributed by atoms with Gasteiger partial charge >= 0.3 is 6.01 Å². The number of ether oxygens (including phenoxy) is 1. The van der Waals surface area contributed by atoms with Crippen LogP contribution in [0.3, 0.4) is 0 Å². The largest absolute Gasteiger partial charge is 0.459 e. The van der Waals surface area contributed by atoms with E-state index in [9.17, 15) is 0 Å². The van der Waals surface area contributed by atoms with Crippen molar-refractivity contribution in [3.05, 3.63) is 28.4 Å². The Labute approximate surface area is 124 Å². The van der Waals surface area contributed by atoms with Gasteiger partial charge in [-0.2, -0.15) is 9.97 Å². The zero-order valence-corrected chi connectivity index (χ0v) is 13.3. The van der Waals surface area contributed by atoms with Crippen molar-refractivity contribution in [1.82, 2.24) is 14.9 Å². The molecular weight excluding hydrogens is 274 g/mol. The van der Waals surface area contributed by atoms with Gasteiger partial charge in [0.05, 0.1) is 11.2 Å². The minimum Gasteiger partial charge on any atom is -0.459 e. The maximum absolute atomic E-state index is 6.15. The second-order valence-corrected chi connectivity index (χ2v) is 5.81. The van der Waals surface area contributed by atoms with Crippen LogP contribution in [-0.2, 0) is 0 Å². The van der Waals surface area contributed by atoms with Crippen molar-refractivity contribution in [1.29, 1.82) is 0 Å². The molecular formula is C15H20ClN3O. The molecule has 2 aromatic rings. The number of halogens is 1. The highest BCUT2D eigenvalue weighted by Crippen LogP contribution is 2.25. The Morgan fingerprint density at radius 3 is 2.60 bits per heavy atom. The first-order valence-electron chi connectivity index (χ1n) is 6.62. The third-order valence-corrected chi connectivity index (χ3v) is 3.48. The van der Waals surface area contributed by atoms with E-state index in [0.717, 1.165) is 33.7 Å². The Hall–Kier alpha value is -1.39. The quantitative estimate of drug-likeness (QED) is 0.867. The molecule has 0 saturated carbocycles. The molecule has 0 spiro atoms. The first-order valence-corrected chi connectivity index (χ1v) is 7.00. The second kappa shape index (κ2) is 5.94. The van der Waals surface area contributed by atoms with Crippen LogP contribution in [0.5, 0.6) is 6.01 Å². The molecule has 1 aromatic heterocycles. The van der Waals surface area contributed by atoms with Gasteiger partial charge in [0.2, 0.25) is 0 Å². The van der Waals surface area contributed by atoms with Gasteiger partial charge in [0, 0.05) is 17.0 Å². The molecule has 0 fully saturated rings. The fourth-order valence-electron chi connectivity index (χ4n) is 2.16. The summed E-state index contributed by atoms with van der Waals surface area (Å²) in [5.41, 5.74) is 2.75. The fourth-order valence-corrected chi connectivity index (χ4v) is 2.33. The summed E-state index contributed by atoms with van der Waals surface area (Å²) in [5.74, 6) is 0. The van der Waals surface area contributed by atoms with Gasteiger partial charge in [-0.25, -0.2) is 0 Å². The molecule has 0 N–H and O–H groups in total. The monoisotopic (exact) mass is 293 g/mol. The van der Waals surface area contributed by atoms with Crippen LogP contribution in [0, 0.1) is 13.8 Å². The highest BCUT2D eigenvalue weighted by Gasteiger charge is 2.11. The van der Waals surface area contributed by atoms with Crippen LogP contribution < -0.4 is 4.74 Å². The molecule has 1 unspecified atom stereocenters. The first kappa shape index (κ1) is 15.0. The van der Waals surface area contributed by atoms with E-state index in [-0.39, 0.29) is 6.10 Å². The molecule has 1 atom stereocenters. The number of fused-ring (bicyclic) bond motifs is 1. The summed E-state index contributed by atoms with van der Waals surface area (Å²) in [4.78, 5) is 11.0. The van der Waals surface area contributed by atoms with Crippen LogP contribution in [0.25, 0.3) is 10.9 Å². The minimum atomic E-state index is 0.0373. The molecule has 1 heterocycles. The number of benzene rings is 1. The SMILES string of the molecule is Cc1cc2nc(OC(C)CN(C)C)nc(C)c2cc1Cl. The van der Waals surface area contributed by atoms with Crippen molar-refractivity contribution in [2.75, 3.05) is 20.6 Å². The summed E-state index contributed by atoms with van der Waals surface area (Å²) >= 11 is 6.15. The van der Waals surface area contributed by atoms with Gasteiger partial charge in [-0.3, -0.25) is 0 Å². The van der Waals surface area contributed by atoms with E-state index in [1.807, 2.05) is 47.0 Å². The standard InChI is InChI=1S/C15H20ClN3O/c1-9-6-14-12(7-13(9)16)11(3)17-15(18-14)20-10(2)8-19(4)5/h6-7,10H,8H2,1-5H3. The number of rotatable bonds is 4. The van der Waals surface area contributed by atoms with Gasteiger partial charge in [0.1, 0.15) is 6.10 Å². The van der Waals surface area contributed by atoms with E-state index in [1.54, 1.807) is 0 Å². The van der Waals surface area contributed by atoms with E-state index in [1.165, 1.54) is 0 Å². The summed E-state index contributed by atoms with van der Waals surface area (Å²) in [6.07, 6.45) is 0.0373. The van der Waals surface area contributed by atoms with E-state index >= 15 is 0 Å². The predicted octanol–water partition coefficient (Wildman–Crippen LogP) is 3.23. The van der Waals surface area contributed by atoms with Crippen molar-refractivity contribution < 1.29 is 4.74 Å². The average Bonchev–Trinajstić information content (AvgIpc) is 2.30. The number of hydrogen-bond donors (Lipinski definition) is 0. The third-order valence-electron chi connectivity index (χ3n) is 3.08. The number of aryl methyl sites for hydroxylation is 2. The number of hydrogen-bond acceptors (Lipinski definition) is 4. The Kier molecular flexibility index (Phi) is 4.45.